The van der Waals surface area contributed by atoms with Gasteiger partial charge in [0.25, 0.3) is 0 Å². The zero-order chi connectivity index (χ0) is 26.1. The van der Waals surface area contributed by atoms with Gasteiger partial charge in [-0.2, -0.15) is 21.0 Å². The first kappa shape index (κ1) is 29.0. The molecule has 2 unspecified atom stereocenters. The summed E-state index contributed by atoms with van der Waals surface area (Å²) in [6, 6.07) is 8.80. The van der Waals surface area contributed by atoms with Crippen LogP contribution in [-0.4, -0.2) is 30.6 Å². The van der Waals surface area contributed by atoms with Crippen LogP contribution >= 0.6 is 45.1 Å². The quantitative estimate of drug-likeness (QED) is 0.268. The Bertz CT molecular complexity index is 969. The standard InChI is InChI=1S/C24H30N4O2S4/c1-19(2)17(9-13-25)31-21(5,6)23(29-19,11-15-27)33-34-24(12-16-28)22(7,8)32-18(10-14-26)20(3,4)30-24/h9-10H,11-12H2,1-8H3. The maximum atomic E-state index is 9.78. The van der Waals surface area contributed by atoms with Gasteiger partial charge in [0.1, 0.15) is 0 Å². The molecule has 0 aliphatic carbocycles. The maximum absolute atomic E-state index is 9.78. The number of nitrogens with zero attached hydrogens (tertiary/aromatic N) is 4. The molecule has 2 fully saturated rings. The fourth-order valence-corrected chi connectivity index (χ4v) is 11.1. The number of thioether (sulfide) groups is 2. The van der Waals surface area contributed by atoms with Crippen molar-refractivity contribution in [3.63, 3.8) is 0 Å². The highest BCUT2D eigenvalue weighted by Crippen LogP contribution is 2.67. The van der Waals surface area contributed by atoms with E-state index in [9.17, 15) is 21.0 Å². The zero-order valence-corrected chi connectivity index (χ0v) is 24.1. The molecule has 10 heteroatoms. The SMILES string of the molecule is CC1(C)OC(CC#N)(SSC2(CC#N)OC(C)(C)C(=CC#N)SC2(C)C)C(C)(C)SC1=CC#N. The number of hydrogen-bond acceptors (Lipinski definition) is 10. The lowest BCUT2D eigenvalue weighted by molar-refractivity contribution is -0.0852. The summed E-state index contributed by atoms with van der Waals surface area (Å²) in [6.07, 6.45) is 3.25. The van der Waals surface area contributed by atoms with E-state index in [1.54, 1.807) is 23.5 Å². The molecular weight excluding hydrogens is 505 g/mol. The predicted molar refractivity (Wildman–Crippen MR) is 142 cm³/mol. The Morgan fingerprint density at radius 2 is 1.00 bits per heavy atom. The van der Waals surface area contributed by atoms with E-state index in [4.69, 9.17) is 9.47 Å². The minimum absolute atomic E-state index is 0.118. The molecule has 2 rings (SSSR count). The Kier molecular flexibility index (Phi) is 8.55. The van der Waals surface area contributed by atoms with Crippen molar-refractivity contribution in [3.05, 3.63) is 22.0 Å². The molecule has 6 nitrogen and oxygen atoms in total. The van der Waals surface area contributed by atoms with Gasteiger partial charge in [-0.15, -0.1) is 23.5 Å². The molecule has 2 aliphatic rings. The average Bonchev–Trinajstić information content (AvgIpc) is 2.69. The number of rotatable bonds is 5. The summed E-state index contributed by atoms with van der Waals surface area (Å²) in [7, 11) is 2.86. The first-order valence-electron chi connectivity index (χ1n) is 10.7. The van der Waals surface area contributed by atoms with E-state index in [2.05, 4.69) is 24.3 Å². The molecule has 0 bridgehead atoms. The second-order valence-corrected chi connectivity index (χ2v) is 16.0. The van der Waals surface area contributed by atoms with Gasteiger partial charge in [-0.05, 0) is 55.4 Å². The largest absolute Gasteiger partial charge is 0.350 e. The van der Waals surface area contributed by atoms with Crippen molar-refractivity contribution >= 4 is 45.1 Å². The molecule has 0 N–H and O–H groups in total. The van der Waals surface area contributed by atoms with E-state index in [0.29, 0.717) is 0 Å². The van der Waals surface area contributed by atoms with Crippen LogP contribution < -0.4 is 0 Å². The van der Waals surface area contributed by atoms with Crippen LogP contribution in [0.2, 0.25) is 0 Å². The third kappa shape index (κ3) is 5.29. The van der Waals surface area contributed by atoms with Gasteiger partial charge in [-0.25, -0.2) is 0 Å². The summed E-state index contributed by atoms with van der Waals surface area (Å²) in [5.74, 6) is 0. The van der Waals surface area contributed by atoms with Crippen LogP contribution in [0.4, 0.5) is 0 Å². The Hall–Kier alpha value is -1.24. The summed E-state index contributed by atoms with van der Waals surface area (Å²) in [5.41, 5.74) is -1.52. The summed E-state index contributed by atoms with van der Waals surface area (Å²) < 4.78 is 12.2. The van der Waals surface area contributed by atoms with Gasteiger partial charge in [-0.1, -0.05) is 21.6 Å². The normalized spacial score (nSPS) is 33.3. The van der Waals surface area contributed by atoms with E-state index in [0.717, 1.165) is 9.81 Å². The van der Waals surface area contributed by atoms with Crippen LogP contribution in [0.15, 0.2) is 22.0 Å². The van der Waals surface area contributed by atoms with E-state index in [1.165, 1.54) is 33.7 Å². The highest BCUT2D eigenvalue weighted by molar-refractivity contribution is 8.77. The smallest absolute Gasteiger partial charge is 0.152 e. The van der Waals surface area contributed by atoms with E-state index in [-0.39, 0.29) is 12.8 Å². The van der Waals surface area contributed by atoms with Crippen molar-refractivity contribution in [2.75, 3.05) is 0 Å². The van der Waals surface area contributed by atoms with Crippen molar-refractivity contribution in [3.8, 4) is 24.3 Å². The molecule has 2 saturated heterocycles. The molecule has 0 aromatic carbocycles. The predicted octanol–water partition coefficient (Wildman–Crippen LogP) is 7.04. The Morgan fingerprint density at radius 3 is 1.26 bits per heavy atom. The lowest BCUT2D eigenvalue weighted by atomic mass is 9.99. The average molecular weight is 535 g/mol. The first-order chi connectivity index (χ1) is 15.6. The molecule has 34 heavy (non-hydrogen) atoms. The number of hydrogen-bond donors (Lipinski definition) is 0. The molecule has 2 heterocycles. The van der Waals surface area contributed by atoms with Crippen molar-refractivity contribution in [1.82, 2.24) is 0 Å². The lowest BCUT2D eigenvalue weighted by Crippen LogP contribution is -2.58. The summed E-state index contributed by atoms with van der Waals surface area (Å²) in [6.45, 7) is 15.7. The molecule has 2 aliphatic heterocycles. The first-order valence-corrected chi connectivity index (χ1v) is 14.5. The van der Waals surface area contributed by atoms with Gasteiger partial charge >= 0.3 is 0 Å². The molecule has 0 spiro atoms. The van der Waals surface area contributed by atoms with Gasteiger partial charge in [-0.3, -0.25) is 0 Å². The van der Waals surface area contributed by atoms with E-state index >= 15 is 0 Å². The van der Waals surface area contributed by atoms with Gasteiger partial charge in [0.15, 0.2) is 9.87 Å². The molecule has 2 atom stereocenters. The van der Waals surface area contributed by atoms with Crippen LogP contribution in [0.25, 0.3) is 0 Å². The minimum atomic E-state index is -0.938. The summed E-state index contributed by atoms with van der Waals surface area (Å²) in [5, 5.41) is 38.1. The fraction of sp³-hybridized carbons (Fsp3) is 0.667. The topological polar surface area (TPSA) is 114 Å². The summed E-state index contributed by atoms with van der Waals surface area (Å²) >= 11 is 3.09. The highest BCUT2D eigenvalue weighted by Gasteiger charge is 2.61. The second kappa shape index (κ2) is 10.0. The van der Waals surface area contributed by atoms with Gasteiger partial charge in [0, 0.05) is 22.0 Å². The van der Waals surface area contributed by atoms with Crippen LogP contribution in [-0.2, 0) is 9.47 Å². The number of nitriles is 4. The molecule has 0 aromatic rings. The van der Waals surface area contributed by atoms with Gasteiger partial charge in [0.2, 0.25) is 0 Å². The Labute approximate surface area is 219 Å². The van der Waals surface area contributed by atoms with Gasteiger partial charge in [0.05, 0.1) is 57.8 Å². The molecular formula is C24H30N4O2S4. The van der Waals surface area contributed by atoms with E-state index in [1.807, 2.05) is 55.4 Å². The van der Waals surface area contributed by atoms with Crippen LogP contribution in [0.1, 0.15) is 68.2 Å². The summed E-state index contributed by atoms with van der Waals surface area (Å²) in [4.78, 5) is -0.258. The van der Waals surface area contributed by atoms with Crippen molar-refractivity contribution in [1.29, 1.82) is 21.0 Å². The molecule has 0 amide bonds. The lowest BCUT2D eigenvalue weighted by Gasteiger charge is -2.57. The third-order valence-corrected chi connectivity index (χ3v) is 13.5. The fourth-order valence-electron chi connectivity index (χ4n) is 3.78. The third-order valence-electron chi connectivity index (χ3n) is 5.92. The second-order valence-electron chi connectivity index (χ2n) is 10.1. The Balaban J connectivity index is 2.54. The van der Waals surface area contributed by atoms with Gasteiger partial charge < -0.3 is 9.47 Å². The van der Waals surface area contributed by atoms with Crippen molar-refractivity contribution in [2.45, 2.75) is 98.8 Å². The minimum Gasteiger partial charge on any atom is -0.350 e. The zero-order valence-electron chi connectivity index (χ0n) is 20.8. The number of ether oxygens (including phenoxy) is 2. The molecule has 0 radical (unpaired) electrons. The molecule has 0 saturated carbocycles. The maximum Gasteiger partial charge on any atom is 0.152 e. The molecule has 0 aromatic heterocycles. The highest BCUT2D eigenvalue weighted by atomic mass is 33.1. The van der Waals surface area contributed by atoms with Crippen molar-refractivity contribution in [2.24, 2.45) is 0 Å². The van der Waals surface area contributed by atoms with Crippen LogP contribution in [0.5, 0.6) is 0 Å². The van der Waals surface area contributed by atoms with Crippen LogP contribution in [0, 0.1) is 45.3 Å². The number of allylic oxidation sites excluding steroid dienone is 2. The van der Waals surface area contributed by atoms with Crippen LogP contribution in [0.3, 0.4) is 0 Å². The monoisotopic (exact) mass is 534 g/mol. The molecule has 182 valence electrons. The van der Waals surface area contributed by atoms with E-state index < -0.39 is 30.6 Å². The Morgan fingerprint density at radius 1 is 0.676 bits per heavy atom. The van der Waals surface area contributed by atoms with Crippen molar-refractivity contribution < 1.29 is 9.47 Å².